The molecule has 0 aromatic heterocycles. The first-order chi connectivity index (χ1) is 18.5. The van der Waals surface area contributed by atoms with Crippen molar-refractivity contribution in [2.75, 3.05) is 20.2 Å². The summed E-state index contributed by atoms with van der Waals surface area (Å²) in [5.74, 6) is 0.0258. The molecule has 2 aromatic carbocycles. The molecular formula is C30H37F3N2O4. The number of rotatable bonds is 12. The van der Waals surface area contributed by atoms with Crippen LogP contribution in [0.15, 0.2) is 41.6 Å². The molecule has 1 unspecified atom stereocenters. The monoisotopic (exact) mass is 546 g/mol. The fraction of sp³-hybridized carbons (Fsp3) is 0.533. The Morgan fingerprint density at radius 2 is 1.90 bits per heavy atom. The Hall–Kier alpha value is -3.07. The van der Waals surface area contributed by atoms with Crippen molar-refractivity contribution in [1.82, 2.24) is 4.90 Å². The van der Waals surface area contributed by atoms with E-state index in [9.17, 15) is 18.0 Å². The largest absolute Gasteiger partial charge is 0.493 e. The van der Waals surface area contributed by atoms with E-state index in [-0.39, 0.29) is 30.5 Å². The smallest absolute Gasteiger partial charge is 0.419 e. The number of halogens is 3. The van der Waals surface area contributed by atoms with Crippen molar-refractivity contribution in [2.24, 2.45) is 11.1 Å². The Bertz CT molecular complexity index is 1190. The molecule has 0 radical (unpaired) electrons. The highest BCUT2D eigenvalue weighted by atomic mass is 19.4. The molecule has 1 atom stereocenters. The Kier molecular flexibility index (Phi) is 9.20. The highest BCUT2D eigenvalue weighted by Gasteiger charge is 2.35. The molecule has 0 amide bonds. The van der Waals surface area contributed by atoms with Gasteiger partial charge in [-0.2, -0.15) is 13.2 Å². The molecule has 2 aliphatic rings. The summed E-state index contributed by atoms with van der Waals surface area (Å²) in [7, 11) is 2.02. The Morgan fingerprint density at radius 3 is 2.59 bits per heavy atom. The van der Waals surface area contributed by atoms with Gasteiger partial charge in [-0.15, -0.1) is 0 Å². The van der Waals surface area contributed by atoms with Gasteiger partial charge in [-0.3, -0.25) is 9.69 Å². The summed E-state index contributed by atoms with van der Waals surface area (Å²) in [6.45, 7) is 6.35. The number of oxime groups is 1. The molecule has 0 spiro atoms. The van der Waals surface area contributed by atoms with Crippen molar-refractivity contribution in [3.05, 3.63) is 64.2 Å². The second kappa shape index (κ2) is 12.4. The second-order valence-electron chi connectivity index (χ2n) is 10.8. The number of benzene rings is 2. The first-order valence-electron chi connectivity index (χ1n) is 13.5. The summed E-state index contributed by atoms with van der Waals surface area (Å²) >= 11 is 0. The molecule has 0 bridgehead atoms. The maximum atomic E-state index is 13.6. The third-order valence-corrected chi connectivity index (χ3v) is 7.13. The third-order valence-electron chi connectivity index (χ3n) is 7.13. The number of ether oxygens (including phenoxy) is 2. The first-order valence-corrected chi connectivity index (χ1v) is 13.5. The van der Waals surface area contributed by atoms with E-state index in [1.165, 1.54) is 17.2 Å². The average Bonchev–Trinajstić information content (AvgIpc) is 3.61. The molecule has 1 fully saturated rings. The minimum atomic E-state index is -4.51. The number of carbonyl (C=O) groups is 1. The number of esters is 1. The van der Waals surface area contributed by atoms with E-state index in [0.29, 0.717) is 36.8 Å². The van der Waals surface area contributed by atoms with Gasteiger partial charge in [0.05, 0.1) is 30.4 Å². The van der Waals surface area contributed by atoms with Crippen LogP contribution in [0.4, 0.5) is 13.2 Å². The predicted molar refractivity (Wildman–Crippen MR) is 143 cm³/mol. The zero-order valence-electron chi connectivity index (χ0n) is 23.0. The maximum absolute atomic E-state index is 13.6. The highest BCUT2D eigenvalue weighted by molar-refractivity contribution is 5.98. The normalized spacial score (nSPS) is 17.5. The van der Waals surface area contributed by atoms with E-state index in [1.807, 2.05) is 33.9 Å². The molecule has 0 heterocycles. The van der Waals surface area contributed by atoms with Crippen LogP contribution in [-0.2, 0) is 33.6 Å². The van der Waals surface area contributed by atoms with Crippen molar-refractivity contribution < 1.29 is 32.3 Å². The number of hydrogen-bond acceptors (Lipinski definition) is 6. The fourth-order valence-corrected chi connectivity index (χ4v) is 4.79. The number of carbonyl (C=O) groups excluding carboxylic acids is 1. The van der Waals surface area contributed by atoms with Crippen LogP contribution in [0.3, 0.4) is 0 Å². The standard InChI is InChI=1S/C30H37F3N2O4/c1-19(2)39-29(36)13-14-35(4)27-11-9-24-16-23(8-10-25(24)27)20(3)34-38-18-22-7-12-28(37-17-21-5-6-21)26(15-22)30(31,32)33/h7-8,10,12,15-16,19,21,27H,5-6,9,11,13-14,17-18H2,1-4H3/b34-20+. The molecule has 9 heteroatoms. The van der Waals surface area contributed by atoms with Crippen LogP contribution in [0.1, 0.15) is 80.3 Å². The van der Waals surface area contributed by atoms with Gasteiger partial charge in [0.15, 0.2) is 0 Å². The second-order valence-corrected chi connectivity index (χ2v) is 10.8. The summed E-state index contributed by atoms with van der Waals surface area (Å²) in [5.41, 5.74) is 3.58. The predicted octanol–water partition coefficient (Wildman–Crippen LogP) is 6.70. The summed E-state index contributed by atoms with van der Waals surface area (Å²) in [6.07, 6.45) is -0.395. The van der Waals surface area contributed by atoms with Crippen LogP contribution in [0.5, 0.6) is 5.75 Å². The molecule has 0 N–H and O–H groups in total. The van der Waals surface area contributed by atoms with Crippen molar-refractivity contribution in [3.63, 3.8) is 0 Å². The lowest BCUT2D eigenvalue weighted by Gasteiger charge is -2.25. The Labute approximate surface area is 228 Å². The lowest BCUT2D eigenvalue weighted by atomic mass is 10.0. The number of aryl methyl sites for hydroxylation is 1. The van der Waals surface area contributed by atoms with E-state index in [4.69, 9.17) is 14.3 Å². The van der Waals surface area contributed by atoms with E-state index in [1.54, 1.807) is 6.07 Å². The number of nitrogens with zero attached hydrogens (tertiary/aromatic N) is 2. The lowest BCUT2D eigenvalue weighted by molar-refractivity contribution is -0.147. The number of fused-ring (bicyclic) bond motifs is 1. The van der Waals surface area contributed by atoms with Gasteiger partial charge in [0.2, 0.25) is 0 Å². The summed E-state index contributed by atoms with van der Waals surface area (Å²) in [6, 6.07) is 10.4. The van der Waals surface area contributed by atoms with Crippen LogP contribution < -0.4 is 4.74 Å². The van der Waals surface area contributed by atoms with Crippen molar-refractivity contribution in [3.8, 4) is 5.75 Å². The molecule has 39 heavy (non-hydrogen) atoms. The SMILES string of the molecule is C/C(=N\OCc1ccc(OCC2CC2)c(C(F)(F)F)c1)c1ccc2c(c1)CCC2N(C)CCC(=O)OC(C)C. The third kappa shape index (κ3) is 7.97. The van der Waals surface area contributed by atoms with Gasteiger partial charge in [0.25, 0.3) is 0 Å². The lowest BCUT2D eigenvalue weighted by Crippen LogP contribution is -2.26. The van der Waals surface area contributed by atoms with Gasteiger partial charge in [0.1, 0.15) is 12.4 Å². The molecule has 212 valence electrons. The van der Waals surface area contributed by atoms with Crippen LogP contribution in [0.25, 0.3) is 0 Å². The van der Waals surface area contributed by atoms with Crippen molar-refractivity contribution >= 4 is 11.7 Å². The molecule has 0 saturated heterocycles. The van der Waals surface area contributed by atoms with Gasteiger partial charge < -0.3 is 14.3 Å². The van der Waals surface area contributed by atoms with Crippen molar-refractivity contribution in [2.45, 2.75) is 77.8 Å². The summed E-state index contributed by atoms with van der Waals surface area (Å²) < 4.78 is 51.4. The Morgan fingerprint density at radius 1 is 1.13 bits per heavy atom. The highest BCUT2D eigenvalue weighted by Crippen LogP contribution is 2.39. The van der Waals surface area contributed by atoms with Crippen molar-refractivity contribution in [1.29, 1.82) is 0 Å². The fourth-order valence-electron chi connectivity index (χ4n) is 4.79. The van der Waals surface area contributed by atoms with Crippen LogP contribution in [0, 0.1) is 5.92 Å². The molecule has 1 saturated carbocycles. The van der Waals surface area contributed by atoms with Crippen LogP contribution in [-0.4, -0.2) is 42.9 Å². The minimum Gasteiger partial charge on any atom is -0.493 e. The summed E-state index contributed by atoms with van der Waals surface area (Å²) in [5, 5.41) is 4.17. The van der Waals surface area contributed by atoms with Gasteiger partial charge in [-0.1, -0.05) is 23.4 Å². The number of hydrogen-bond donors (Lipinski definition) is 0. The average molecular weight is 547 g/mol. The number of alkyl halides is 3. The molecule has 2 aromatic rings. The van der Waals surface area contributed by atoms with E-state index >= 15 is 0 Å². The van der Waals surface area contributed by atoms with Gasteiger partial charge in [0, 0.05) is 12.6 Å². The maximum Gasteiger partial charge on any atom is 0.419 e. The minimum absolute atomic E-state index is 0.0830. The van der Waals surface area contributed by atoms with E-state index in [0.717, 1.165) is 37.3 Å². The molecule has 0 aliphatic heterocycles. The van der Waals surface area contributed by atoms with Crippen LogP contribution in [0.2, 0.25) is 0 Å². The molecular weight excluding hydrogens is 509 g/mol. The van der Waals surface area contributed by atoms with Gasteiger partial charge in [-0.25, -0.2) is 0 Å². The topological polar surface area (TPSA) is 60.4 Å². The molecule has 2 aliphatic carbocycles. The molecule has 6 nitrogen and oxygen atoms in total. The van der Waals surface area contributed by atoms with Crippen LogP contribution >= 0.6 is 0 Å². The zero-order valence-corrected chi connectivity index (χ0v) is 23.0. The van der Waals surface area contributed by atoms with E-state index < -0.39 is 11.7 Å². The molecule has 4 rings (SSSR count). The van der Waals surface area contributed by atoms with E-state index in [2.05, 4.69) is 22.2 Å². The quantitative estimate of drug-likeness (QED) is 0.169. The summed E-state index contributed by atoms with van der Waals surface area (Å²) in [4.78, 5) is 19.5. The van der Waals surface area contributed by atoms with Gasteiger partial charge >= 0.3 is 12.1 Å². The van der Waals surface area contributed by atoms with Gasteiger partial charge in [-0.05, 0) is 99.9 Å². The first kappa shape index (κ1) is 28.9. The zero-order chi connectivity index (χ0) is 28.2. The Balaban J connectivity index is 1.35.